The van der Waals surface area contributed by atoms with Crippen LogP contribution in [0.1, 0.15) is 12.5 Å². The lowest BCUT2D eigenvalue weighted by atomic mass is 9.93. The van der Waals surface area contributed by atoms with E-state index in [0.717, 1.165) is 5.56 Å². The largest absolute Gasteiger partial charge is 0.342 e. The molecule has 1 atom stereocenters. The Kier molecular flexibility index (Phi) is 2.83. The molecular weight excluding hydrogens is 221 g/mol. The third-order valence-electron chi connectivity index (χ3n) is 2.80. The van der Waals surface area contributed by atoms with Crippen LogP contribution in [-0.2, 0) is 11.2 Å². The first-order chi connectivity index (χ1) is 8.03. The van der Waals surface area contributed by atoms with E-state index in [0.29, 0.717) is 12.4 Å². The Hall–Kier alpha value is -1.91. The second-order valence-corrected chi connectivity index (χ2v) is 4.29. The Balaban J connectivity index is 2.21. The molecule has 0 aliphatic carbocycles. The molecule has 0 spiro atoms. The van der Waals surface area contributed by atoms with Gasteiger partial charge >= 0.3 is 0 Å². The Bertz CT molecular complexity index is 486. The zero-order valence-electron chi connectivity index (χ0n) is 9.75. The summed E-state index contributed by atoms with van der Waals surface area (Å²) in [7, 11) is 1.59. The minimum atomic E-state index is -0.775. The number of carbonyl (C=O) groups is 1. The lowest BCUT2D eigenvalue weighted by Crippen LogP contribution is -2.45. The molecule has 1 aromatic rings. The molecule has 90 valence electrons. The zero-order valence-corrected chi connectivity index (χ0v) is 9.75. The van der Waals surface area contributed by atoms with Crippen LogP contribution in [0.5, 0.6) is 0 Å². The zero-order chi connectivity index (χ0) is 12.5. The molecule has 4 nitrogen and oxygen atoms in total. The van der Waals surface area contributed by atoms with Gasteiger partial charge < -0.3 is 5.32 Å². The van der Waals surface area contributed by atoms with Gasteiger partial charge in [0.25, 0.3) is 5.91 Å². The van der Waals surface area contributed by atoms with E-state index in [2.05, 4.69) is 15.6 Å². The monoisotopic (exact) mass is 235 g/mol. The van der Waals surface area contributed by atoms with Crippen LogP contribution in [-0.4, -0.2) is 24.5 Å². The third kappa shape index (κ3) is 2.27. The second kappa shape index (κ2) is 4.16. The predicted molar refractivity (Wildman–Crippen MR) is 63.1 cm³/mol. The molecule has 1 heterocycles. The van der Waals surface area contributed by atoms with E-state index in [1.165, 1.54) is 12.1 Å². The smallest absolute Gasteiger partial charge is 0.252 e. The second-order valence-electron chi connectivity index (χ2n) is 4.29. The Morgan fingerprint density at radius 2 is 2.24 bits per heavy atom. The van der Waals surface area contributed by atoms with E-state index in [1.807, 2.05) is 0 Å². The van der Waals surface area contributed by atoms with Crippen molar-refractivity contribution in [2.45, 2.75) is 18.9 Å². The van der Waals surface area contributed by atoms with Gasteiger partial charge in [0.2, 0.25) is 0 Å². The Morgan fingerprint density at radius 1 is 1.47 bits per heavy atom. The summed E-state index contributed by atoms with van der Waals surface area (Å²) < 4.78 is 13.1. The molecule has 0 aromatic heterocycles. The molecule has 17 heavy (non-hydrogen) atoms. The molecule has 0 radical (unpaired) electrons. The van der Waals surface area contributed by atoms with E-state index < -0.39 is 5.54 Å². The topological polar surface area (TPSA) is 53.5 Å². The van der Waals surface area contributed by atoms with Gasteiger partial charge in [-0.15, -0.1) is 0 Å². The lowest BCUT2D eigenvalue weighted by molar-refractivity contribution is -0.123. The fourth-order valence-corrected chi connectivity index (χ4v) is 1.89. The van der Waals surface area contributed by atoms with Crippen LogP contribution in [0, 0.1) is 5.82 Å². The molecule has 2 N–H and O–H groups in total. The number of hydrogen-bond donors (Lipinski definition) is 2. The van der Waals surface area contributed by atoms with Crippen molar-refractivity contribution in [3.63, 3.8) is 0 Å². The highest BCUT2D eigenvalue weighted by Gasteiger charge is 2.40. The summed E-state index contributed by atoms with van der Waals surface area (Å²) in [5.41, 5.74) is -0.00433. The molecular formula is C12H14FN3O. The van der Waals surface area contributed by atoms with E-state index in [-0.39, 0.29) is 11.7 Å². The quantitative estimate of drug-likeness (QED) is 0.797. The maximum absolute atomic E-state index is 13.1. The molecule has 1 aromatic carbocycles. The van der Waals surface area contributed by atoms with Crippen molar-refractivity contribution in [1.82, 2.24) is 10.6 Å². The van der Waals surface area contributed by atoms with Gasteiger partial charge in [0.1, 0.15) is 11.4 Å². The summed E-state index contributed by atoms with van der Waals surface area (Å²) in [4.78, 5) is 15.7. The molecule has 1 aliphatic heterocycles. The molecule has 1 saturated heterocycles. The van der Waals surface area contributed by atoms with Crippen molar-refractivity contribution >= 4 is 11.9 Å². The van der Waals surface area contributed by atoms with E-state index in [4.69, 9.17) is 0 Å². The first-order valence-electron chi connectivity index (χ1n) is 5.34. The van der Waals surface area contributed by atoms with Crippen LogP contribution in [0.15, 0.2) is 29.3 Å². The molecule has 1 aliphatic rings. The Morgan fingerprint density at radius 3 is 2.82 bits per heavy atom. The van der Waals surface area contributed by atoms with Crippen molar-refractivity contribution in [3.05, 3.63) is 35.6 Å². The van der Waals surface area contributed by atoms with Gasteiger partial charge in [-0.3, -0.25) is 15.1 Å². The standard InChI is InChI=1S/C12H14FN3O/c1-12(10(17)15-11(14-2)16-12)7-8-4-3-5-9(13)6-8/h3-6H,7H2,1-2H3,(H2,14,15,16,17). The number of carbonyl (C=O) groups excluding carboxylic acids is 1. The van der Waals surface area contributed by atoms with Crippen LogP contribution in [0.4, 0.5) is 4.39 Å². The third-order valence-corrected chi connectivity index (χ3v) is 2.80. The number of amides is 1. The number of nitrogens with one attached hydrogen (secondary N) is 2. The summed E-state index contributed by atoms with van der Waals surface area (Å²) in [6, 6.07) is 6.24. The first-order valence-corrected chi connectivity index (χ1v) is 5.34. The van der Waals surface area contributed by atoms with Gasteiger partial charge in [0.05, 0.1) is 0 Å². The van der Waals surface area contributed by atoms with E-state index in [9.17, 15) is 9.18 Å². The van der Waals surface area contributed by atoms with E-state index >= 15 is 0 Å². The fraction of sp³-hybridized carbons (Fsp3) is 0.333. The molecule has 5 heteroatoms. The number of benzene rings is 1. The highest BCUT2D eigenvalue weighted by molar-refractivity contribution is 6.08. The van der Waals surface area contributed by atoms with Crippen LogP contribution >= 0.6 is 0 Å². The van der Waals surface area contributed by atoms with Crippen LogP contribution in [0.3, 0.4) is 0 Å². The average molecular weight is 235 g/mol. The number of guanidine groups is 1. The molecule has 2 rings (SSSR count). The SMILES string of the molecule is CN=C1NC(=O)C(C)(Cc2cccc(F)c2)N1. The van der Waals surface area contributed by atoms with Gasteiger partial charge in [-0.25, -0.2) is 4.39 Å². The van der Waals surface area contributed by atoms with E-state index in [1.54, 1.807) is 26.1 Å². The maximum Gasteiger partial charge on any atom is 0.252 e. The molecule has 1 amide bonds. The van der Waals surface area contributed by atoms with Gasteiger partial charge in [-0.2, -0.15) is 0 Å². The van der Waals surface area contributed by atoms with Gasteiger partial charge in [-0.1, -0.05) is 12.1 Å². The minimum absolute atomic E-state index is 0.151. The summed E-state index contributed by atoms with van der Waals surface area (Å²) >= 11 is 0. The lowest BCUT2D eigenvalue weighted by Gasteiger charge is -2.21. The summed E-state index contributed by atoms with van der Waals surface area (Å²) in [6.45, 7) is 1.77. The predicted octanol–water partition coefficient (Wildman–Crippen LogP) is 0.832. The summed E-state index contributed by atoms with van der Waals surface area (Å²) in [5.74, 6) is 0.00477. The van der Waals surface area contributed by atoms with Crippen LogP contribution < -0.4 is 10.6 Å². The van der Waals surface area contributed by atoms with Crippen molar-refractivity contribution in [3.8, 4) is 0 Å². The number of hydrogen-bond acceptors (Lipinski definition) is 2. The number of halogens is 1. The van der Waals surface area contributed by atoms with Crippen LogP contribution in [0.25, 0.3) is 0 Å². The number of aliphatic imine (C=N–C) groups is 1. The van der Waals surface area contributed by atoms with Crippen molar-refractivity contribution < 1.29 is 9.18 Å². The van der Waals surface area contributed by atoms with Gasteiger partial charge in [0, 0.05) is 13.5 Å². The molecule has 0 saturated carbocycles. The number of nitrogens with zero attached hydrogens (tertiary/aromatic N) is 1. The van der Waals surface area contributed by atoms with Crippen LogP contribution in [0.2, 0.25) is 0 Å². The molecule has 0 bridgehead atoms. The Labute approximate surface area is 98.9 Å². The summed E-state index contributed by atoms with van der Waals surface area (Å²) in [5, 5.41) is 5.64. The maximum atomic E-state index is 13.1. The fourth-order valence-electron chi connectivity index (χ4n) is 1.89. The minimum Gasteiger partial charge on any atom is -0.342 e. The van der Waals surface area contributed by atoms with Crippen molar-refractivity contribution in [1.29, 1.82) is 0 Å². The summed E-state index contributed by atoms with van der Waals surface area (Å²) in [6.07, 6.45) is 0.412. The highest BCUT2D eigenvalue weighted by Crippen LogP contribution is 2.17. The van der Waals surface area contributed by atoms with Crippen molar-refractivity contribution in [2.24, 2.45) is 4.99 Å². The van der Waals surface area contributed by atoms with Gasteiger partial charge in [-0.05, 0) is 24.6 Å². The average Bonchev–Trinajstić information content (AvgIpc) is 2.54. The normalized spacial score (nSPS) is 25.8. The number of rotatable bonds is 2. The van der Waals surface area contributed by atoms with Crippen molar-refractivity contribution in [2.75, 3.05) is 7.05 Å². The first kappa shape index (κ1) is 11.6. The molecule has 1 unspecified atom stereocenters. The highest BCUT2D eigenvalue weighted by atomic mass is 19.1. The molecule has 1 fully saturated rings. The van der Waals surface area contributed by atoms with Gasteiger partial charge in [0.15, 0.2) is 5.96 Å².